The first-order valence-corrected chi connectivity index (χ1v) is 8.08. The van der Waals surface area contributed by atoms with Crippen LogP contribution in [0.25, 0.3) is 0 Å². The molecule has 1 amide bonds. The summed E-state index contributed by atoms with van der Waals surface area (Å²) in [5, 5.41) is 5.74. The third kappa shape index (κ3) is 4.49. The molecule has 0 saturated heterocycles. The lowest BCUT2D eigenvalue weighted by molar-refractivity contribution is -0.120. The highest BCUT2D eigenvalue weighted by Crippen LogP contribution is 2.28. The minimum absolute atomic E-state index is 0. The van der Waals surface area contributed by atoms with Crippen LogP contribution in [0.4, 0.5) is 5.69 Å². The number of hydrogen-bond donors (Lipinski definition) is 2. The molecule has 2 aromatic carbocycles. The Bertz CT molecular complexity index is 673. The smallest absolute Gasteiger partial charge is 0.234 e. The molecule has 1 aliphatic rings. The van der Waals surface area contributed by atoms with Crippen molar-refractivity contribution in [1.29, 1.82) is 0 Å². The topological polar surface area (TPSA) is 44.4 Å². The molecule has 2 N–H and O–H groups in total. The summed E-state index contributed by atoms with van der Waals surface area (Å²) in [7, 11) is 1.77. The van der Waals surface area contributed by atoms with E-state index in [0.29, 0.717) is 13.1 Å². The Morgan fingerprint density at radius 2 is 1.79 bits per heavy atom. The highest BCUT2D eigenvalue weighted by atomic mass is 35.5. The molecular weight excluding hydrogens is 322 g/mol. The van der Waals surface area contributed by atoms with E-state index in [-0.39, 0.29) is 18.3 Å². The van der Waals surface area contributed by atoms with E-state index in [1.807, 2.05) is 0 Å². The summed E-state index contributed by atoms with van der Waals surface area (Å²) >= 11 is 0. The quantitative estimate of drug-likeness (QED) is 0.845. The largest absolute Gasteiger partial charge is 0.367 e. The minimum atomic E-state index is 0. The van der Waals surface area contributed by atoms with Crippen LogP contribution in [0.15, 0.2) is 48.5 Å². The summed E-state index contributed by atoms with van der Waals surface area (Å²) in [6, 6.07) is 17.1. The molecule has 4 nitrogen and oxygen atoms in total. The SMILES string of the molecule is CNCC(=O)NCc1ccc(CN2CCc3ccccc32)cc1.Cl. The summed E-state index contributed by atoms with van der Waals surface area (Å²) in [5.41, 5.74) is 5.22. The number of rotatable bonds is 6. The predicted octanol–water partition coefficient (Wildman–Crippen LogP) is 2.51. The molecule has 0 atom stereocenters. The summed E-state index contributed by atoms with van der Waals surface area (Å²) in [5.74, 6) is 0.0188. The number of fused-ring (bicyclic) bond motifs is 1. The molecule has 0 radical (unpaired) electrons. The molecule has 2 aromatic rings. The normalized spacial score (nSPS) is 12.5. The fraction of sp³-hybridized carbons (Fsp3) is 0.316. The monoisotopic (exact) mass is 345 g/mol. The molecule has 128 valence electrons. The van der Waals surface area contributed by atoms with Crippen LogP contribution in [0, 0.1) is 0 Å². The average Bonchev–Trinajstić information content (AvgIpc) is 2.98. The van der Waals surface area contributed by atoms with Gasteiger partial charge in [-0.3, -0.25) is 4.79 Å². The number of carbonyl (C=O) groups is 1. The van der Waals surface area contributed by atoms with Gasteiger partial charge >= 0.3 is 0 Å². The van der Waals surface area contributed by atoms with Crippen molar-refractivity contribution >= 4 is 24.0 Å². The second-order valence-corrected chi connectivity index (χ2v) is 5.92. The molecule has 24 heavy (non-hydrogen) atoms. The summed E-state index contributed by atoms with van der Waals surface area (Å²) < 4.78 is 0. The fourth-order valence-corrected chi connectivity index (χ4v) is 2.98. The average molecular weight is 346 g/mol. The first-order chi connectivity index (χ1) is 11.3. The molecule has 0 unspecified atom stereocenters. The number of anilines is 1. The Hall–Kier alpha value is -2.04. The van der Waals surface area contributed by atoms with Crippen LogP contribution in [0.5, 0.6) is 0 Å². The predicted molar refractivity (Wildman–Crippen MR) is 101 cm³/mol. The molecule has 1 heterocycles. The van der Waals surface area contributed by atoms with Gasteiger partial charge in [0.15, 0.2) is 0 Å². The maximum absolute atomic E-state index is 11.5. The van der Waals surface area contributed by atoms with Crippen molar-refractivity contribution in [1.82, 2.24) is 10.6 Å². The first-order valence-electron chi connectivity index (χ1n) is 8.08. The maximum Gasteiger partial charge on any atom is 0.234 e. The number of halogens is 1. The number of carbonyl (C=O) groups excluding carboxylic acids is 1. The van der Waals surface area contributed by atoms with Gasteiger partial charge in [0.2, 0.25) is 5.91 Å². The maximum atomic E-state index is 11.5. The van der Waals surface area contributed by atoms with Gasteiger partial charge in [0, 0.05) is 25.3 Å². The van der Waals surface area contributed by atoms with Gasteiger partial charge in [0.25, 0.3) is 0 Å². The summed E-state index contributed by atoms with van der Waals surface area (Å²) in [4.78, 5) is 13.9. The lowest BCUT2D eigenvalue weighted by Gasteiger charge is -2.19. The van der Waals surface area contributed by atoms with Crippen LogP contribution in [0.2, 0.25) is 0 Å². The van der Waals surface area contributed by atoms with Crippen molar-refractivity contribution < 1.29 is 4.79 Å². The third-order valence-electron chi connectivity index (χ3n) is 4.21. The van der Waals surface area contributed by atoms with Crippen molar-refractivity contribution in [3.63, 3.8) is 0 Å². The van der Waals surface area contributed by atoms with E-state index in [4.69, 9.17) is 0 Å². The highest BCUT2D eigenvalue weighted by Gasteiger charge is 2.17. The number of hydrogen-bond acceptors (Lipinski definition) is 3. The van der Waals surface area contributed by atoms with Crippen LogP contribution in [-0.2, 0) is 24.3 Å². The lowest BCUT2D eigenvalue weighted by atomic mass is 10.1. The number of amides is 1. The van der Waals surface area contributed by atoms with Crippen LogP contribution in [0.1, 0.15) is 16.7 Å². The number of likely N-dealkylation sites (N-methyl/N-ethyl adjacent to an activating group) is 1. The Morgan fingerprint density at radius 3 is 2.54 bits per heavy atom. The molecule has 5 heteroatoms. The van der Waals surface area contributed by atoms with E-state index in [1.54, 1.807) is 7.05 Å². The fourth-order valence-electron chi connectivity index (χ4n) is 2.98. The lowest BCUT2D eigenvalue weighted by Crippen LogP contribution is -2.31. The van der Waals surface area contributed by atoms with Crippen molar-refractivity contribution in [2.45, 2.75) is 19.5 Å². The zero-order valence-electron chi connectivity index (χ0n) is 13.9. The van der Waals surface area contributed by atoms with Gasteiger partial charge in [-0.25, -0.2) is 0 Å². The summed E-state index contributed by atoms with van der Waals surface area (Å²) in [6.45, 7) is 2.95. The number of benzene rings is 2. The Morgan fingerprint density at radius 1 is 1.08 bits per heavy atom. The molecular formula is C19H24ClN3O. The van der Waals surface area contributed by atoms with Crippen LogP contribution < -0.4 is 15.5 Å². The zero-order chi connectivity index (χ0) is 16.1. The Labute approximate surface area is 149 Å². The number of nitrogens with one attached hydrogen (secondary N) is 2. The van der Waals surface area contributed by atoms with Crippen molar-refractivity contribution in [3.8, 4) is 0 Å². The number of nitrogens with zero attached hydrogens (tertiary/aromatic N) is 1. The van der Waals surface area contributed by atoms with Gasteiger partial charge in [-0.1, -0.05) is 42.5 Å². The van der Waals surface area contributed by atoms with E-state index in [0.717, 1.165) is 25.1 Å². The van der Waals surface area contributed by atoms with E-state index in [9.17, 15) is 4.79 Å². The van der Waals surface area contributed by atoms with Gasteiger partial charge in [0.05, 0.1) is 6.54 Å². The second-order valence-electron chi connectivity index (χ2n) is 5.92. The van der Waals surface area contributed by atoms with Crippen molar-refractivity contribution in [3.05, 3.63) is 65.2 Å². The standard InChI is InChI=1S/C19H23N3O.ClH/c1-20-13-19(23)21-12-15-6-8-16(9-7-15)14-22-11-10-17-4-2-3-5-18(17)22;/h2-9,20H,10-14H2,1H3,(H,21,23);1H. The Balaban J connectivity index is 0.00000208. The number of para-hydroxylation sites is 1. The molecule has 0 saturated carbocycles. The molecule has 0 aliphatic carbocycles. The minimum Gasteiger partial charge on any atom is -0.367 e. The zero-order valence-corrected chi connectivity index (χ0v) is 14.7. The van der Waals surface area contributed by atoms with Gasteiger partial charge < -0.3 is 15.5 Å². The third-order valence-corrected chi connectivity index (χ3v) is 4.21. The van der Waals surface area contributed by atoms with Gasteiger partial charge in [-0.2, -0.15) is 0 Å². The van der Waals surface area contributed by atoms with Crippen LogP contribution in [-0.4, -0.2) is 26.0 Å². The van der Waals surface area contributed by atoms with Crippen LogP contribution in [0.3, 0.4) is 0 Å². The van der Waals surface area contributed by atoms with Gasteiger partial charge in [-0.15, -0.1) is 12.4 Å². The van der Waals surface area contributed by atoms with Crippen molar-refractivity contribution in [2.24, 2.45) is 0 Å². The van der Waals surface area contributed by atoms with E-state index in [2.05, 4.69) is 64.1 Å². The van der Waals surface area contributed by atoms with Gasteiger partial charge in [-0.05, 0) is 36.2 Å². The van der Waals surface area contributed by atoms with Crippen molar-refractivity contribution in [2.75, 3.05) is 25.0 Å². The molecule has 3 rings (SSSR count). The van der Waals surface area contributed by atoms with E-state index >= 15 is 0 Å². The molecule has 0 bridgehead atoms. The second kappa shape index (κ2) is 8.71. The van der Waals surface area contributed by atoms with Crippen LogP contribution >= 0.6 is 12.4 Å². The van der Waals surface area contributed by atoms with Gasteiger partial charge in [0.1, 0.15) is 0 Å². The molecule has 0 spiro atoms. The summed E-state index contributed by atoms with van der Waals surface area (Å²) in [6.07, 6.45) is 1.13. The molecule has 0 aromatic heterocycles. The first kappa shape index (κ1) is 18.3. The Kier molecular flexibility index (Phi) is 6.64. The molecule has 0 fully saturated rings. The molecule has 1 aliphatic heterocycles. The van der Waals surface area contributed by atoms with E-state index < -0.39 is 0 Å². The van der Waals surface area contributed by atoms with E-state index in [1.165, 1.54) is 16.8 Å². The highest BCUT2D eigenvalue weighted by molar-refractivity contribution is 5.85.